The van der Waals surface area contributed by atoms with E-state index in [1.165, 1.54) is 51.9 Å². The molecule has 2 heteroatoms. The fourth-order valence-corrected chi connectivity index (χ4v) is 2.71. The van der Waals surface area contributed by atoms with Crippen LogP contribution in [0, 0.1) is 11.8 Å². The van der Waals surface area contributed by atoms with E-state index in [0.29, 0.717) is 0 Å². The normalized spacial score (nSPS) is 26.6. The van der Waals surface area contributed by atoms with Gasteiger partial charge in [0.2, 0.25) is 0 Å². The Morgan fingerprint density at radius 2 is 2.00 bits per heavy atom. The van der Waals surface area contributed by atoms with Crippen molar-refractivity contribution in [3.05, 3.63) is 0 Å². The van der Waals surface area contributed by atoms with Crippen LogP contribution in [0.3, 0.4) is 0 Å². The molecule has 0 aromatic heterocycles. The Morgan fingerprint density at radius 3 is 2.59 bits per heavy atom. The molecule has 0 saturated carbocycles. The summed E-state index contributed by atoms with van der Waals surface area (Å²) in [6.07, 6.45) is 5.39. The van der Waals surface area contributed by atoms with Gasteiger partial charge in [0, 0.05) is 19.1 Å². The van der Waals surface area contributed by atoms with Gasteiger partial charge in [0.1, 0.15) is 0 Å². The van der Waals surface area contributed by atoms with Gasteiger partial charge in [0.05, 0.1) is 0 Å². The van der Waals surface area contributed by atoms with E-state index in [1.807, 2.05) is 0 Å². The highest BCUT2D eigenvalue weighted by Crippen LogP contribution is 2.20. The van der Waals surface area contributed by atoms with Gasteiger partial charge in [-0.15, -0.1) is 0 Å². The Kier molecular flexibility index (Phi) is 7.14. The summed E-state index contributed by atoms with van der Waals surface area (Å²) in [6.45, 7) is 14.3. The first-order valence-corrected chi connectivity index (χ1v) is 7.61. The molecule has 0 radical (unpaired) electrons. The lowest BCUT2D eigenvalue weighted by Crippen LogP contribution is -2.50. The van der Waals surface area contributed by atoms with Crippen LogP contribution < -0.4 is 5.32 Å². The Balaban J connectivity index is 2.36. The number of likely N-dealkylation sites (tertiary alicyclic amines) is 1. The second kappa shape index (κ2) is 8.10. The third-order valence-corrected chi connectivity index (χ3v) is 3.83. The standard InChI is InChI=1S/C15H32N2/c1-5-7-8-17-11-14(6-2)9-15(12-17)16-10-13(3)4/h13-16H,5-12H2,1-4H3. The van der Waals surface area contributed by atoms with Crippen molar-refractivity contribution in [3.63, 3.8) is 0 Å². The number of unbranched alkanes of at least 4 members (excludes halogenated alkanes) is 1. The lowest BCUT2D eigenvalue weighted by atomic mass is 9.91. The molecule has 0 aromatic rings. The molecular formula is C15H32N2. The van der Waals surface area contributed by atoms with E-state index < -0.39 is 0 Å². The summed E-state index contributed by atoms with van der Waals surface area (Å²) in [5.41, 5.74) is 0. The summed E-state index contributed by atoms with van der Waals surface area (Å²) in [7, 11) is 0. The molecule has 17 heavy (non-hydrogen) atoms. The maximum Gasteiger partial charge on any atom is 0.0198 e. The lowest BCUT2D eigenvalue weighted by Gasteiger charge is -2.38. The van der Waals surface area contributed by atoms with E-state index in [2.05, 4.69) is 37.9 Å². The molecule has 1 rings (SSSR count). The first-order chi connectivity index (χ1) is 8.15. The number of nitrogens with zero attached hydrogens (tertiary/aromatic N) is 1. The highest BCUT2D eigenvalue weighted by molar-refractivity contribution is 4.83. The molecule has 102 valence electrons. The summed E-state index contributed by atoms with van der Waals surface area (Å²) in [5, 5.41) is 3.75. The molecule has 1 fully saturated rings. The van der Waals surface area contributed by atoms with Crippen molar-refractivity contribution >= 4 is 0 Å². The summed E-state index contributed by atoms with van der Waals surface area (Å²) in [4.78, 5) is 2.68. The molecule has 2 atom stereocenters. The molecular weight excluding hydrogens is 208 g/mol. The quantitative estimate of drug-likeness (QED) is 0.735. The topological polar surface area (TPSA) is 15.3 Å². The SMILES string of the molecule is CCCCN1CC(CC)CC(NCC(C)C)C1. The average molecular weight is 240 g/mol. The van der Waals surface area contributed by atoms with Crippen LogP contribution in [-0.2, 0) is 0 Å². The van der Waals surface area contributed by atoms with Crippen molar-refractivity contribution in [2.45, 2.75) is 59.4 Å². The summed E-state index contributed by atoms with van der Waals surface area (Å²) in [6, 6.07) is 0.730. The van der Waals surface area contributed by atoms with Gasteiger partial charge in [-0.1, -0.05) is 40.5 Å². The van der Waals surface area contributed by atoms with Crippen molar-refractivity contribution in [1.82, 2.24) is 10.2 Å². The lowest BCUT2D eigenvalue weighted by molar-refractivity contribution is 0.135. The van der Waals surface area contributed by atoms with Gasteiger partial charge < -0.3 is 10.2 Å². The number of hydrogen-bond donors (Lipinski definition) is 1. The van der Waals surface area contributed by atoms with Gasteiger partial charge in [-0.3, -0.25) is 0 Å². The monoisotopic (exact) mass is 240 g/mol. The summed E-state index contributed by atoms with van der Waals surface area (Å²) in [5.74, 6) is 1.67. The van der Waals surface area contributed by atoms with Gasteiger partial charge in [-0.05, 0) is 37.8 Å². The highest BCUT2D eigenvalue weighted by atomic mass is 15.2. The zero-order valence-corrected chi connectivity index (χ0v) is 12.3. The van der Waals surface area contributed by atoms with Crippen LogP contribution in [0.4, 0.5) is 0 Å². The van der Waals surface area contributed by atoms with Crippen LogP contribution in [0.15, 0.2) is 0 Å². The van der Waals surface area contributed by atoms with Gasteiger partial charge in [0.15, 0.2) is 0 Å². The van der Waals surface area contributed by atoms with E-state index >= 15 is 0 Å². The van der Waals surface area contributed by atoms with Crippen molar-refractivity contribution in [2.75, 3.05) is 26.2 Å². The summed E-state index contributed by atoms with van der Waals surface area (Å²) < 4.78 is 0. The van der Waals surface area contributed by atoms with Crippen LogP contribution in [0.2, 0.25) is 0 Å². The van der Waals surface area contributed by atoms with E-state index in [1.54, 1.807) is 0 Å². The molecule has 1 heterocycles. The second-order valence-electron chi connectivity index (χ2n) is 6.12. The minimum absolute atomic E-state index is 0.730. The Bertz CT molecular complexity index is 191. The fraction of sp³-hybridized carbons (Fsp3) is 1.00. The first-order valence-electron chi connectivity index (χ1n) is 7.61. The predicted molar refractivity (Wildman–Crippen MR) is 76.4 cm³/mol. The molecule has 1 aliphatic rings. The van der Waals surface area contributed by atoms with E-state index in [0.717, 1.165) is 17.9 Å². The maximum atomic E-state index is 3.75. The molecule has 0 amide bonds. The molecule has 0 aromatic carbocycles. The molecule has 1 N–H and O–H groups in total. The van der Waals surface area contributed by atoms with Crippen LogP contribution in [-0.4, -0.2) is 37.1 Å². The van der Waals surface area contributed by atoms with Crippen LogP contribution in [0.1, 0.15) is 53.4 Å². The Morgan fingerprint density at radius 1 is 1.24 bits per heavy atom. The van der Waals surface area contributed by atoms with Crippen LogP contribution in [0.5, 0.6) is 0 Å². The molecule has 2 unspecified atom stereocenters. The minimum atomic E-state index is 0.730. The number of piperidine rings is 1. The van der Waals surface area contributed by atoms with Crippen molar-refractivity contribution in [3.8, 4) is 0 Å². The van der Waals surface area contributed by atoms with Gasteiger partial charge >= 0.3 is 0 Å². The third kappa shape index (κ3) is 5.87. The van der Waals surface area contributed by atoms with E-state index in [-0.39, 0.29) is 0 Å². The predicted octanol–water partition coefficient (Wildman–Crippen LogP) is 3.13. The smallest absolute Gasteiger partial charge is 0.0198 e. The molecule has 2 nitrogen and oxygen atoms in total. The molecule has 0 bridgehead atoms. The zero-order chi connectivity index (χ0) is 12.7. The number of hydrogen-bond acceptors (Lipinski definition) is 2. The number of rotatable bonds is 7. The van der Waals surface area contributed by atoms with Gasteiger partial charge in [0.25, 0.3) is 0 Å². The molecule has 1 aliphatic heterocycles. The van der Waals surface area contributed by atoms with Crippen LogP contribution in [0.25, 0.3) is 0 Å². The maximum absolute atomic E-state index is 3.75. The third-order valence-electron chi connectivity index (χ3n) is 3.83. The molecule has 0 spiro atoms. The second-order valence-corrected chi connectivity index (χ2v) is 6.12. The van der Waals surface area contributed by atoms with Gasteiger partial charge in [-0.2, -0.15) is 0 Å². The first kappa shape index (κ1) is 15.0. The molecule has 1 saturated heterocycles. The Hall–Kier alpha value is -0.0800. The van der Waals surface area contributed by atoms with Crippen molar-refractivity contribution in [1.29, 1.82) is 0 Å². The van der Waals surface area contributed by atoms with E-state index in [4.69, 9.17) is 0 Å². The van der Waals surface area contributed by atoms with Crippen molar-refractivity contribution < 1.29 is 0 Å². The minimum Gasteiger partial charge on any atom is -0.312 e. The van der Waals surface area contributed by atoms with Crippen LogP contribution >= 0.6 is 0 Å². The molecule has 0 aliphatic carbocycles. The van der Waals surface area contributed by atoms with Gasteiger partial charge in [-0.25, -0.2) is 0 Å². The Labute approximate surface area is 108 Å². The summed E-state index contributed by atoms with van der Waals surface area (Å²) >= 11 is 0. The average Bonchev–Trinajstić information content (AvgIpc) is 2.33. The largest absolute Gasteiger partial charge is 0.312 e. The zero-order valence-electron chi connectivity index (χ0n) is 12.3. The van der Waals surface area contributed by atoms with E-state index in [9.17, 15) is 0 Å². The fourth-order valence-electron chi connectivity index (χ4n) is 2.71. The van der Waals surface area contributed by atoms with Crippen molar-refractivity contribution in [2.24, 2.45) is 11.8 Å². The number of nitrogens with one attached hydrogen (secondary N) is 1. The highest BCUT2D eigenvalue weighted by Gasteiger charge is 2.25.